The number of fused-ring (bicyclic) bond motifs is 1. The summed E-state index contributed by atoms with van der Waals surface area (Å²) in [7, 11) is 0. The van der Waals surface area contributed by atoms with E-state index in [1.165, 1.54) is 4.90 Å². The van der Waals surface area contributed by atoms with E-state index < -0.39 is 0 Å². The van der Waals surface area contributed by atoms with Crippen molar-refractivity contribution in [1.82, 2.24) is 9.47 Å². The second-order valence-corrected chi connectivity index (χ2v) is 10.3. The highest BCUT2D eigenvalue weighted by atomic mass is 79.9. The van der Waals surface area contributed by atoms with Crippen LogP contribution in [0.15, 0.2) is 88.4 Å². The van der Waals surface area contributed by atoms with Crippen molar-refractivity contribution >= 4 is 67.4 Å². The monoisotopic (exact) mass is 566 g/mol. The lowest BCUT2D eigenvalue weighted by molar-refractivity contribution is -0.123. The van der Waals surface area contributed by atoms with Crippen molar-refractivity contribution < 1.29 is 14.3 Å². The number of imide groups is 1. The molecule has 5 nitrogen and oxygen atoms in total. The fourth-order valence-corrected chi connectivity index (χ4v) is 5.14. The lowest BCUT2D eigenvalue weighted by Crippen LogP contribution is -2.27. The van der Waals surface area contributed by atoms with Crippen molar-refractivity contribution in [2.24, 2.45) is 0 Å². The van der Waals surface area contributed by atoms with Gasteiger partial charge in [-0.1, -0.05) is 57.9 Å². The van der Waals surface area contributed by atoms with E-state index in [2.05, 4.69) is 20.5 Å². The van der Waals surface area contributed by atoms with Crippen LogP contribution in [-0.4, -0.2) is 27.2 Å². The maximum absolute atomic E-state index is 13.1. The molecule has 1 saturated heterocycles. The molecule has 3 aromatic carbocycles. The van der Waals surface area contributed by atoms with Crippen molar-refractivity contribution in [3.05, 3.63) is 105 Å². The summed E-state index contributed by atoms with van der Waals surface area (Å²) in [4.78, 5) is 27.4. The number of benzene rings is 3. The van der Waals surface area contributed by atoms with Gasteiger partial charge in [-0.25, -0.2) is 0 Å². The van der Waals surface area contributed by atoms with Crippen molar-refractivity contribution in [2.75, 3.05) is 6.61 Å². The van der Waals surface area contributed by atoms with Gasteiger partial charge in [0, 0.05) is 32.2 Å². The third-order valence-electron chi connectivity index (χ3n) is 5.65. The molecule has 1 aliphatic rings. The van der Waals surface area contributed by atoms with Crippen LogP contribution in [0, 0.1) is 0 Å². The van der Waals surface area contributed by atoms with Crippen molar-refractivity contribution in [3.63, 3.8) is 0 Å². The van der Waals surface area contributed by atoms with Gasteiger partial charge in [-0.05, 0) is 65.9 Å². The van der Waals surface area contributed by atoms with Gasteiger partial charge in [-0.2, -0.15) is 0 Å². The number of aromatic nitrogens is 1. The first kappa shape index (κ1) is 23.7. The summed E-state index contributed by atoms with van der Waals surface area (Å²) in [5, 5.41) is 1.42. The standard InChI is InChI=1S/C27H20BrClN2O3S/c28-20-7-5-18(6-8-20)16-31-26(32)25(35-27(31)33)15-19-17-30(24-4-2-1-3-23(19)24)13-14-34-22-11-9-21(29)10-12-22/h1-12,15,17H,13-14,16H2/b25-15-. The number of rotatable bonds is 7. The predicted octanol–water partition coefficient (Wildman–Crippen LogP) is 7.37. The van der Waals surface area contributed by atoms with Crippen LogP contribution >= 0.6 is 39.3 Å². The molecule has 8 heteroatoms. The Morgan fingerprint density at radius 3 is 2.49 bits per heavy atom. The number of carbonyl (C=O) groups excluding carboxylic acids is 2. The summed E-state index contributed by atoms with van der Waals surface area (Å²) >= 11 is 10.3. The first-order chi connectivity index (χ1) is 17.0. The van der Waals surface area contributed by atoms with Gasteiger partial charge >= 0.3 is 0 Å². The molecule has 5 rings (SSSR count). The molecule has 0 N–H and O–H groups in total. The molecule has 176 valence electrons. The number of halogens is 2. The molecule has 0 saturated carbocycles. The van der Waals surface area contributed by atoms with E-state index in [-0.39, 0.29) is 17.7 Å². The molecule has 4 aromatic rings. The highest BCUT2D eigenvalue weighted by molar-refractivity contribution is 9.10. The molecule has 2 heterocycles. The summed E-state index contributed by atoms with van der Waals surface area (Å²) in [6.07, 6.45) is 3.81. The van der Waals surface area contributed by atoms with Crippen LogP contribution in [0.4, 0.5) is 4.79 Å². The van der Waals surface area contributed by atoms with Crippen LogP contribution in [0.1, 0.15) is 11.1 Å². The highest BCUT2D eigenvalue weighted by Gasteiger charge is 2.35. The zero-order valence-electron chi connectivity index (χ0n) is 18.5. The SMILES string of the molecule is O=C1S/C(=C\c2cn(CCOc3ccc(Cl)cc3)c3ccccc23)C(=O)N1Cc1ccc(Br)cc1. The summed E-state index contributed by atoms with van der Waals surface area (Å²) in [6.45, 7) is 1.35. The molecule has 0 bridgehead atoms. The number of ether oxygens (including phenoxy) is 1. The van der Waals surface area contributed by atoms with Crippen LogP contribution in [-0.2, 0) is 17.9 Å². The molecule has 0 radical (unpaired) electrons. The predicted molar refractivity (Wildman–Crippen MR) is 145 cm³/mol. The molecule has 0 aliphatic carbocycles. The van der Waals surface area contributed by atoms with Gasteiger partial charge in [0.15, 0.2) is 0 Å². The minimum Gasteiger partial charge on any atom is -0.492 e. The minimum atomic E-state index is -0.272. The van der Waals surface area contributed by atoms with E-state index in [1.54, 1.807) is 12.1 Å². The van der Waals surface area contributed by atoms with E-state index >= 15 is 0 Å². The molecule has 0 atom stereocenters. The van der Waals surface area contributed by atoms with E-state index in [4.69, 9.17) is 16.3 Å². The Kier molecular flexibility index (Phi) is 7.00. The zero-order valence-corrected chi connectivity index (χ0v) is 21.6. The molecule has 1 aliphatic heterocycles. The Morgan fingerprint density at radius 1 is 0.971 bits per heavy atom. The average molecular weight is 568 g/mol. The topological polar surface area (TPSA) is 51.5 Å². The number of carbonyl (C=O) groups is 2. The third-order valence-corrected chi connectivity index (χ3v) is 7.34. The largest absolute Gasteiger partial charge is 0.492 e. The van der Waals surface area contributed by atoms with Crippen LogP contribution < -0.4 is 4.74 Å². The van der Waals surface area contributed by atoms with Gasteiger partial charge in [0.1, 0.15) is 12.4 Å². The number of nitrogens with zero attached hydrogens (tertiary/aromatic N) is 2. The number of para-hydroxylation sites is 1. The number of thioether (sulfide) groups is 1. The highest BCUT2D eigenvalue weighted by Crippen LogP contribution is 2.35. The fraction of sp³-hybridized carbons (Fsp3) is 0.111. The Hall–Kier alpha value is -3.00. The van der Waals surface area contributed by atoms with Crippen molar-refractivity contribution in [3.8, 4) is 5.75 Å². The molecular weight excluding hydrogens is 548 g/mol. The third kappa shape index (κ3) is 5.32. The average Bonchev–Trinajstić information content (AvgIpc) is 3.34. The quantitative estimate of drug-likeness (QED) is 0.219. The van der Waals surface area contributed by atoms with Crippen molar-refractivity contribution in [1.29, 1.82) is 0 Å². The van der Waals surface area contributed by atoms with Gasteiger partial charge in [0.05, 0.1) is 18.0 Å². The molecule has 1 aromatic heterocycles. The first-order valence-electron chi connectivity index (χ1n) is 10.9. The second-order valence-electron chi connectivity index (χ2n) is 7.99. The molecule has 35 heavy (non-hydrogen) atoms. The number of hydrogen-bond donors (Lipinski definition) is 0. The van der Waals surface area contributed by atoms with Crippen LogP contribution in [0.25, 0.3) is 17.0 Å². The van der Waals surface area contributed by atoms with Crippen LogP contribution in [0.2, 0.25) is 5.02 Å². The smallest absolute Gasteiger partial charge is 0.293 e. The number of hydrogen-bond acceptors (Lipinski definition) is 4. The maximum Gasteiger partial charge on any atom is 0.293 e. The van der Waals surface area contributed by atoms with E-state index in [1.807, 2.05) is 72.9 Å². The van der Waals surface area contributed by atoms with Crippen molar-refractivity contribution in [2.45, 2.75) is 13.1 Å². The lowest BCUT2D eigenvalue weighted by atomic mass is 10.1. The van der Waals surface area contributed by atoms with E-state index in [9.17, 15) is 9.59 Å². The van der Waals surface area contributed by atoms with Crippen LogP contribution in [0.3, 0.4) is 0 Å². The maximum atomic E-state index is 13.1. The van der Waals surface area contributed by atoms with Crippen LogP contribution in [0.5, 0.6) is 5.75 Å². The molecule has 1 fully saturated rings. The molecular formula is C27H20BrClN2O3S. The summed E-state index contributed by atoms with van der Waals surface area (Å²) in [5.74, 6) is 0.483. The Balaban J connectivity index is 1.35. The molecule has 2 amide bonds. The first-order valence-corrected chi connectivity index (χ1v) is 12.9. The van der Waals surface area contributed by atoms with E-state index in [0.717, 1.165) is 44.0 Å². The Morgan fingerprint density at radius 2 is 1.71 bits per heavy atom. The molecule has 0 unspecified atom stereocenters. The van der Waals surface area contributed by atoms with Gasteiger partial charge in [0.2, 0.25) is 0 Å². The minimum absolute atomic E-state index is 0.249. The summed E-state index contributed by atoms with van der Waals surface area (Å²) in [6, 6.07) is 22.9. The Labute approximate surface area is 220 Å². The van der Waals surface area contributed by atoms with Gasteiger partial charge in [-0.15, -0.1) is 0 Å². The van der Waals surface area contributed by atoms with Gasteiger partial charge < -0.3 is 9.30 Å². The number of amides is 2. The van der Waals surface area contributed by atoms with Gasteiger partial charge in [0.25, 0.3) is 11.1 Å². The fourth-order valence-electron chi connectivity index (χ4n) is 3.92. The molecule has 0 spiro atoms. The zero-order chi connectivity index (χ0) is 24.4. The Bertz CT molecular complexity index is 1430. The normalized spacial score (nSPS) is 14.9. The summed E-state index contributed by atoms with van der Waals surface area (Å²) in [5.41, 5.74) is 2.82. The second kappa shape index (κ2) is 10.3. The van der Waals surface area contributed by atoms with E-state index in [0.29, 0.717) is 23.1 Å². The summed E-state index contributed by atoms with van der Waals surface area (Å²) < 4.78 is 8.91. The van der Waals surface area contributed by atoms with Gasteiger partial charge in [-0.3, -0.25) is 14.5 Å². The lowest BCUT2D eigenvalue weighted by Gasteiger charge is -2.12.